The van der Waals surface area contributed by atoms with Crippen molar-refractivity contribution >= 4 is 28.4 Å². The number of hydrogen-bond acceptors (Lipinski definition) is 6. The summed E-state index contributed by atoms with van der Waals surface area (Å²) in [5.41, 5.74) is 5.15. The number of para-hydroxylation sites is 2. The van der Waals surface area contributed by atoms with Gasteiger partial charge in [0.25, 0.3) is 5.91 Å². The summed E-state index contributed by atoms with van der Waals surface area (Å²) in [6.45, 7) is 6.07. The molecule has 0 spiro atoms. The largest absolute Gasteiger partial charge is 0.290 e. The molecule has 1 amide bonds. The van der Waals surface area contributed by atoms with Gasteiger partial charge in [0.2, 0.25) is 0 Å². The highest BCUT2D eigenvalue weighted by Gasteiger charge is 2.12. The highest BCUT2D eigenvalue weighted by atomic mass is 32.2. The molecule has 0 aliphatic heterocycles. The van der Waals surface area contributed by atoms with Gasteiger partial charge in [-0.3, -0.25) is 14.8 Å². The van der Waals surface area contributed by atoms with E-state index in [-0.39, 0.29) is 11.6 Å². The van der Waals surface area contributed by atoms with Crippen LogP contribution in [0.3, 0.4) is 0 Å². The molecule has 0 aliphatic carbocycles. The van der Waals surface area contributed by atoms with E-state index in [9.17, 15) is 13.6 Å². The number of thioether (sulfide) groups is 1. The van der Waals surface area contributed by atoms with Crippen LogP contribution in [-0.4, -0.2) is 31.5 Å². The lowest BCUT2D eigenvalue weighted by atomic mass is 10.2. The average Bonchev–Trinajstić information content (AvgIpc) is 3.40. The van der Waals surface area contributed by atoms with Crippen LogP contribution in [0.1, 0.15) is 30.0 Å². The fraction of sp³-hybridized carbons (Fsp3) is 0.125. The van der Waals surface area contributed by atoms with E-state index in [1.54, 1.807) is 23.9 Å². The van der Waals surface area contributed by atoms with E-state index in [4.69, 9.17) is 5.84 Å². The summed E-state index contributed by atoms with van der Waals surface area (Å²) in [6, 6.07) is 31.3. The van der Waals surface area contributed by atoms with Crippen molar-refractivity contribution in [1.82, 2.24) is 20.2 Å². The number of hydrogen-bond donors (Lipinski definition) is 2. The van der Waals surface area contributed by atoms with Gasteiger partial charge in [0.15, 0.2) is 5.82 Å². The van der Waals surface area contributed by atoms with Gasteiger partial charge in [0, 0.05) is 16.8 Å². The number of benzene rings is 4. The number of rotatable bonds is 5. The molecule has 42 heavy (non-hydrogen) atoms. The van der Waals surface area contributed by atoms with E-state index in [1.165, 1.54) is 36.4 Å². The summed E-state index contributed by atoms with van der Waals surface area (Å²) < 4.78 is 27.2. The normalized spacial score (nSPS) is 10.6. The van der Waals surface area contributed by atoms with E-state index in [1.807, 2.05) is 84.5 Å². The van der Waals surface area contributed by atoms with Crippen molar-refractivity contribution in [3.8, 4) is 17.1 Å². The molecule has 5 rings (SSSR count). The van der Waals surface area contributed by atoms with Gasteiger partial charge < -0.3 is 0 Å². The van der Waals surface area contributed by atoms with Gasteiger partial charge in [-0.15, -0.1) is 22.0 Å². The van der Waals surface area contributed by atoms with Gasteiger partial charge in [-0.2, -0.15) is 0 Å². The molecule has 0 bridgehead atoms. The number of carbonyl (C=O) groups is 1. The Morgan fingerprint density at radius 1 is 0.857 bits per heavy atom. The second kappa shape index (κ2) is 16.6. The lowest BCUT2D eigenvalue weighted by Gasteiger charge is -2.08. The van der Waals surface area contributed by atoms with Gasteiger partial charge in [0.05, 0.1) is 10.7 Å². The van der Waals surface area contributed by atoms with Crippen molar-refractivity contribution in [3.63, 3.8) is 0 Å². The Hall–Kier alpha value is -4.67. The molecule has 0 saturated heterocycles. The van der Waals surface area contributed by atoms with Crippen molar-refractivity contribution in [2.24, 2.45) is 10.8 Å². The number of aryl methyl sites for hydroxylation is 1. The van der Waals surface area contributed by atoms with E-state index in [0.29, 0.717) is 11.4 Å². The van der Waals surface area contributed by atoms with E-state index in [2.05, 4.69) is 22.1 Å². The number of carbonyl (C=O) groups excluding carboxylic acids is 1. The predicted octanol–water partition coefficient (Wildman–Crippen LogP) is 7.30. The van der Waals surface area contributed by atoms with Crippen LogP contribution in [-0.2, 0) is 0 Å². The van der Waals surface area contributed by atoms with Crippen molar-refractivity contribution in [2.45, 2.75) is 20.8 Å². The lowest BCUT2D eigenvalue weighted by molar-refractivity contribution is 0.0953. The van der Waals surface area contributed by atoms with Crippen LogP contribution in [0, 0.1) is 18.6 Å². The van der Waals surface area contributed by atoms with Gasteiger partial charge in [-0.05, 0) is 92.4 Å². The highest BCUT2D eigenvalue weighted by Crippen LogP contribution is 2.22. The summed E-state index contributed by atoms with van der Waals surface area (Å²) in [5.74, 6) is 6.38. The average molecular weight is 587 g/mol. The summed E-state index contributed by atoms with van der Waals surface area (Å²) in [6.07, 6.45) is 0. The molecule has 0 unspecified atom stereocenters. The van der Waals surface area contributed by atoms with Crippen LogP contribution in [0.5, 0.6) is 0 Å². The molecule has 0 aliphatic rings. The molecule has 10 heteroatoms. The topological polar surface area (TPSA) is 98.2 Å². The van der Waals surface area contributed by atoms with Crippen LogP contribution in [0.4, 0.5) is 14.5 Å². The fourth-order valence-electron chi connectivity index (χ4n) is 3.64. The molecule has 0 fully saturated rings. The maximum atomic E-state index is 13.0. The summed E-state index contributed by atoms with van der Waals surface area (Å²) >= 11 is 1.78. The zero-order chi connectivity index (χ0) is 30.3. The minimum absolute atomic E-state index is 0.258. The maximum Gasteiger partial charge on any atom is 0.265 e. The maximum absolute atomic E-state index is 13.0. The Morgan fingerprint density at radius 3 is 1.95 bits per heavy atom. The van der Waals surface area contributed by atoms with Gasteiger partial charge >= 0.3 is 0 Å². The first-order valence-corrected chi connectivity index (χ1v) is 14.0. The van der Waals surface area contributed by atoms with Crippen LogP contribution in [0.25, 0.3) is 17.1 Å². The van der Waals surface area contributed by atoms with Crippen molar-refractivity contribution in [1.29, 1.82) is 0 Å². The number of hydrazine groups is 1. The molecule has 0 atom stereocenters. The minimum Gasteiger partial charge on any atom is -0.290 e. The standard InChI is InChI=1S/C15H12FN3.C10H13NS.C7H7FN2O/c1-11-17-18-15(12-7-9-13(16)10-8-12)19(11)14-5-3-2-4-6-14;1-3-12-9(2)11-10-7-5-4-6-8-10;8-6-3-1-5(2-4-6)7(11)10-9/h2-10H,1H3;4-8H,3H2,1-2H3;1-4H,9H2,(H,10,11). The monoisotopic (exact) mass is 586 g/mol. The zero-order valence-corrected chi connectivity index (χ0v) is 24.4. The van der Waals surface area contributed by atoms with E-state index < -0.39 is 5.91 Å². The lowest BCUT2D eigenvalue weighted by Crippen LogP contribution is -2.29. The smallest absolute Gasteiger partial charge is 0.265 e. The second-order valence-corrected chi connectivity index (χ2v) is 10.1. The molecule has 7 nitrogen and oxygen atoms in total. The molecule has 0 saturated carbocycles. The molecule has 4 aromatic carbocycles. The highest BCUT2D eigenvalue weighted by molar-refractivity contribution is 8.13. The Bertz CT molecular complexity index is 1560. The first-order chi connectivity index (χ1) is 20.3. The predicted molar refractivity (Wildman–Crippen MR) is 167 cm³/mol. The molecule has 1 aromatic heterocycles. The van der Waals surface area contributed by atoms with Crippen LogP contribution in [0.2, 0.25) is 0 Å². The summed E-state index contributed by atoms with van der Waals surface area (Å²) in [7, 11) is 0. The molecular formula is C32H32F2N6OS. The number of halogens is 2. The molecule has 5 aromatic rings. The summed E-state index contributed by atoms with van der Waals surface area (Å²) in [4.78, 5) is 15.2. The molecule has 3 N–H and O–H groups in total. The second-order valence-electron chi connectivity index (χ2n) is 8.63. The Labute approximate surface area is 248 Å². The third-order valence-electron chi connectivity index (χ3n) is 5.58. The molecule has 1 heterocycles. The van der Waals surface area contributed by atoms with Crippen LogP contribution in [0.15, 0.2) is 114 Å². The molecule has 0 radical (unpaired) electrons. The third kappa shape index (κ3) is 9.76. The van der Waals surface area contributed by atoms with Crippen LogP contribution >= 0.6 is 11.8 Å². The van der Waals surface area contributed by atoms with Crippen molar-refractivity contribution in [3.05, 3.63) is 132 Å². The molecular weight excluding hydrogens is 554 g/mol. The van der Waals surface area contributed by atoms with Crippen LogP contribution < -0.4 is 11.3 Å². The number of amides is 1. The number of nitrogens with zero attached hydrogens (tertiary/aromatic N) is 4. The van der Waals surface area contributed by atoms with Crippen molar-refractivity contribution < 1.29 is 13.6 Å². The quantitative estimate of drug-likeness (QED) is 0.0740. The SMILES string of the molecule is CCSC(C)=Nc1ccccc1.Cc1nnc(-c2ccc(F)cc2)n1-c1ccccc1.NNC(=O)c1ccc(F)cc1. The van der Waals surface area contributed by atoms with Crippen molar-refractivity contribution in [2.75, 3.05) is 5.75 Å². The number of aliphatic imine (C=N–C) groups is 1. The van der Waals surface area contributed by atoms with Gasteiger partial charge in [-0.25, -0.2) is 19.6 Å². The zero-order valence-electron chi connectivity index (χ0n) is 23.5. The number of aromatic nitrogens is 3. The minimum atomic E-state index is -0.426. The molecule has 216 valence electrons. The Kier molecular flexibility index (Phi) is 12.6. The Morgan fingerprint density at radius 2 is 1.40 bits per heavy atom. The number of nitrogen functional groups attached to an aromatic ring is 1. The van der Waals surface area contributed by atoms with Gasteiger partial charge in [0.1, 0.15) is 17.5 Å². The number of nitrogens with one attached hydrogen (secondary N) is 1. The van der Waals surface area contributed by atoms with Gasteiger partial charge in [-0.1, -0.05) is 43.3 Å². The Balaban J connectivity index is 0.000000183. The number of nitrogens with two attached hydrogens (primary N) is 1. The third-order valence-corrected chi connectivity index (χ3v) is 6.37. The first kappa shape index (κ1) is 31.9. The summed E-state index contributed by atoms with van der Waals surface area (Å²) in [5, 5.41) is 9.42. The van der Waals surface area contributed by atoms with E-state index >= 15 is 0 Å². The first-order valence-electron chi connectivity index (χ1n) is 13.1. The van der Waals surface area contributed by atoms with E-state index in [0.717, 1.165) is 33.6 Å². The fourth-order valence-corrected chi connectivity index (χ4v) is 4.23.